The number of anilines is 1. The first-order valence-corrected chi connectivity index (χ1v) is 6.79. The number of halogens is 1. The average molecular weight is 269 g/mol. The molecule has 1 aliphatic heterocycles. The number of aryl methyl sites for hydroxylation is 1. The fraction of sp³-hybridized carbons (Fsp3) is 0.571. The second kappa shape index (κ2) is 5.81. The highest BCUT2D eigenvalue weighted by Crippen LogP contribution is 2.34. The molecular formula is C14H21ClN2O. The molecule has 4 heteroatoms. The van der Waals surface area contributed by atoms with Crippen LogP contribution in [0.1, 0.15) is 12.5 Å². The summed E-state index contributed by atoms with van der Waals surface area (Å²) in [6.45, 7) is 8.43. The molecule has 1 unspecified atom stereocenters. The topological polar surface area (TPSA) is 24.5 Å². The Kier molecular flexibility index (Phi) is 4.36. The third-order valence-corrected chi connectivity index (χ3v) is 3.79. The minimum absolute atomic E-state index is 0.633. The largest absolute Gasteiger partial charge is 0.495 e. The van der Waals surface area contributed by atoms with Gasteiger partial charge < -0.3 is 15.0 Å². The van der Waals surface area contributed by atoms with Crippen LogP contribution in [-0.4, -0.2) is 33.3 Å². The first-order valence-electron chi connectivity index (χ1n) is 6.41. The van der Waals surface area contributed by atoms with E-state index in [0.29, 0.717) is 5.92 Å². The maximum atomic E-state index is 6.15. The molecule has 0 spiro atoms. The molecule has 18 heavy (non-hydrogen) atoms. The van der Waals surface area contributed by atoms with Gasteiger partial charge in [0.05, 0.1) is 12.8 Å². The zero-order chi connectivity index (χ0) is 13.1. The summed E-state index contributed by atoms with van der Waals surface area (Å²) in [5.41, 5.74) is 2.24. The standard InChI is InChI=1S/C14H21ClN2O/c1-10-8-16-4-5-17(9-10)13-6-11(2)12(15)7-14(13)18-3/h6-7,10,16H,4-5,8-9H2,1-3H3. The van der Waals surface area contributed by atoms with E-state index in [1.807, 2.05) is 13.0 Å². The molecule has 1 fully saturated rings. The maximum Gasteiger partial charge on any atom is 0.143 e. The number of methoxy groups -OCH3 is 1. The molecule has 1 saturated heterocycles. The number of nitrogens with zero attached hydrogens (tertiary/aromatic N) is 1. The van der Waals surface area contributed by atoms with Crippen molar-refractivity contribution in [1.82, 2.24) is 5.32 Å². The minimum Gasteiger partial charge on any atom is -0.495 e. The quantitative estimate of drug-likeness (QED) is 0.893. The molecule has 3 nitrogen and oxygen atoms in total. The van der Waals surface area contributed by atoms with Gasteiger partial charge in [-0.25, -0.2) is 0 Å². The third-order valence-electron chi connectivity index (χ3n) is 3.38. The van der Waals surface area contributed by atoms with Crippen molar-refractivity contribution in [2.75, 3.05) is 38.2 Å². The zero-order valence-electron chi connectivity index (χ0n) is 11.3. The van der Waals surface area contributed by atoms with E-state index in [1.165, 1.54) is 0 Å². The fourth-order valence-electron chi connectivity index (χ4n) is 2.37. The SMILES string of the molecule is COc1cc(Cl)c(C)cc1N1CCNCC(C)C1. The number of nitrogens with one attached hydrogen (secondary N) is 1. The molecule has 1 heterocycles. The summed E-state index contributed by atoms with van der Waals surface area (Å²) in [6, 6.07) is 4.04. The van der Waals surface area contributed by atoms with Gasteiger partial charge in [-0.1, -0.05) is 18.5 Å². The second-order valence-corrected chi connectivity index (χ2v) is 5.44. The maximum absolute atomic E-state index is 6.15. The average Bonchev–Trinajstić information content (AvgIpc) is 2.56. The molecule has 1 atom stereocenters. The molecule has 0 radical (unpaired) electrons. The number of hydrogen-bond donors (Lipinski definition) is 1. The Morgan fingerprint density at radius 3 is 2.94 bits per heavy atom. The van der Waals surface area contributed by atoms with E-state index in [2.05, 4.69) is 23.2 Å². The second-order valence-electron chi connectivity index (χ2n) is 5.03. The molecule has 0 bridgehead atoms. The summed E-state index contributed by atoms with van der Waals surface area (Å²) in [5, 5.41) is 4.21. The van der Waals surface area contributed by atoms with Crippen LogP contribution < -0.4 is 15.0 Å². The summed E-state index contributed by atoms with van der Waals surface area (Å²) in [6.07, 6.45) is 0. The molecule has 1 N–H and O–H groups in total. The van der Waals surface area contributed by atoms with Gasteiger partial charge in [-0.3, -0.25) is 0 Å². The van der Waals surface area contributed by atoms with Gasteiger partial charge in [0.15, 0.2) is 0 Å². The lowest BCUT2D eigenvalue weighted by Crippen LogP contribution is -2.29. The normalized spacial score (nSPS) is 20.7. The van der Waals surface area contributed by atoms with Gasteiger partial charge in [-0.05, 0) is 31.0 Å². The van der Waals surface area contributed by atoms with Crippen LogP contribution in [0.3, 0.4) is 0 Å². The molecule has 0 aromatic heterocycles. The highest BCUT2D eigenvalue weighted by molar-refractivity contribution is 6.31. The van der Waals surface area contributed by atoms with E-state index >= 15 is 0 Å². The van der Waals surface area contributed by atoms with Crippen molar-refractivity contribution in [2.24, 2.45) is 5.92 Å². The third kappa shape index (κ3) is 2.90. The smallest absolute Gasteiger partial charge is 0.143 e. The molecule has 0 amide bonds. The van der Waals surface area contributed by atoms with E-state index < -0.39 is 0 Å². The lowest BCUT2D eigenvalue weighted by Gasteiger charge is -2.27. The highest BCUT2D eigenvalue weighted by Gasteiger charge is 2.18. The van der Waals surface area contributed by atoms with Crippen molar-refractivity contribution in [3.8, 4) is 5.75 Å². The van der Waals surface area contributed by atoms with Crippen LogP contribution >= 0.6 is 11.6 Å². The highest BCUT2D eigenvalue weighted by atomic mass is 35.5. The summed E-state index contributed by atoms with van der Waals surface area (Å²) >= 11 is 6.15. The molecule has 0 aliphatic carbocycles. The van der Waals surface area contributed by atoms with Crippen LogP contribution in [0.5, 0.6) is 5.75 Å². The van der Waals surface area contributed by atoms with Gasteiger partial charge in [0, 0.05) is 30.7 Å². The van der Waals surface area contributed by atoms with Crippen LogP contribution in [0.4, 0.5) is 5.69 Å². The van der Waals surface area contributed by atoms with E-state index in [4.69, 9.17) is 16.3 Å². The Hall–Kier alpha value is -0.930. The zero-order valence-corrected chi connectivity index (χ0v) is 12.0. The van der Waals surface area contributed by atoms with Crippen LogP contribution in [0.15, 0.2) is 12.1 Å². The van der Waals surface area contributed by atoms with Crippen molar-refractivity contribution in [3.05, 3.63) is 22.7 Å². The number of rotatable bonds is 2. The van der Waals surface area contributed by atoms with Gasteiger partial charge in [-0.15, -0.1) is 0 Å². The van der Waals surface area contributed by atoms with E-state index in [1.54, 1.807) is 7.11 Å². The number of benzene rings is 1. The van der Waals surface area contributed by atoms with E-state index in [0.717, 1.165) is 48.2 Å². The van der Waals surface area contributed by atoms with Gasteiger partial charge in [0.2, 0.25) is 0 Å². The van der Waals surface area contributed by atoms with Crippen molar-refractivity contribution in [2.45, 2.75) is 13.8 Å². The minimum atomic E-state index is 0.633. The van der Waals surface area contributed by atoms with Crippen molar-refractivity contribution in [3.63, 3.8) is 0 Å². The Balaban J connectivity index is 2.33. The number of ether oxygens (including phenoxy) is 1. The first-order chi connectivity index (χ1) is 8.61. The van der Waals surface area contributed by atoms with Crippen LogP contribution in [0.25, 0.3) is 0 Å². The molecule has 1 aliphatic rings. The lowest BCUT2D eigenvalue weighted by molar-refractivity contribution is 0.413. The Bertz CT molecular complexity index is 423. The van der Waals surface area contributed by atoms with Crippen LogP contribution in [0.2, 0.25) is 5.02 Å². The summed E-state index contributed by atoms with van der Waals surface area (Å²) in [5.74, 6) is 1.49. The Labute approximate surface area is 114 Å². The summed E-state index contributed by atoms with van der Waals surface area (Å²) in [4.78, 5) is 2.38. The van der Waals surface area contributed by atoms with Crippen LogP contribution in [-0.2, 0) is 0 Å². The predicted molar refractivity (Wildman–Crippen MR) is 77.0 cm³/mol. The lowest BCUT2D eigenvalue weighted by atomic mass is 10.1. The Morgan fingerprint density at radius 2 is 2.22 bits per heavy atom. The molecular weight excluding hydrogens is 248 g/mol. The summed E-state index contributed by atoms with van der Waals surface area (Å²) in [7, 11) is 1.70. The van der Waals surface area contributed by atoms with Gasteiger partial charge in [0.1, 0.15) is 5.75 Å². The van der Waals surface area contributed by atoms with Crippen molar-refractivity contribution in [1.29, 1.82) is 0 Å². The molecule has 2 rings (SSSR count). The molecule has 1 aromatic rings. The van der Waals surface area contributed by atoms with Crippen molar-refractivity contribution >= 4 is 17.3 Å². The van der Waals surface area contributed by atoms with Crippen molar-refractivity contribution < 1.29 is 4.74 Å². The molecule has 1 aromatic carbocycles. The van der Waals surface area contributed by atoms with Gasteiger partial charge in [-0.2, -0.15) is 0 Å². The van der Waals surface area contributed by atoms with E-state index in [9.17, 15) is 0 Å². The monoisotopic (exact) mass is 268 g/mol. The summed E-state index contributed by atoms with van der Waals surface area (Å²) < 4.78 is 5.46. The Morgan fingerprint density at radius 1 is 1.44 bits per heavy atom. The van der Waals surface area contributed by atoms with Gasteiger partial charge >= 0.3 is 0 Å². The first kappa shape index (κ1) is 13.5. The van der Waals surface area contributed by atoms with E-state index in [-0.39, 0.29) is 0 Å². The molecule has 0 saturated carbocycles. The van der Waals surface area contributed by atoms with Crippen LogP contribution in [0, 0.1) is 12.8 Å². The van der Waals surface area contributed by atoms with Gasteiger partial charge in [0.25, 0.3) is 0 Å². The molecule has 100 valence electrons. The number of hydrogen-bond acceptors (Lipinski definition) is 3. The predicted octanol–water partition coefficient (Wildman–Crippen LogP) is 2.70. The fourth-order valence-corrected chi connectivity index (χ4v) is 2.53.